The molecule has 0 aliphatic heterocycles. The zero-order valence-corrected chi connectivity index (χ0v) is 11.5. The smallest absolute Gasteiger partial charge is 0.270 e. The van der Waals surface area contributed by atoms with Gasteiger partial charge < -0.3 is 5.73 Å². The van der Waals surface area contributed by atoms with Crippen molar-refractivity contribution < 1.29 is 4.92 Å². The molecule has 2 aromatic carbocycles. The maximum absolute atomic E-state index is 10.8. The van der Waals surface area contributed by atoms with Crippen LogP contribution in [0.2, 0.25) is 0 Å². The van der Waals surface area contributed by atoms with Crippen LogP contribution in [-0.2, 0) is 6.42 Å². The Balaban J connectivity index is 2.17. The number of nitro benzene ring substituents is 1. The molecule has 104 valence electrons. The van der Waals surface area contributed by atoms with Crippen LogP contribution in [0.1, 0.15) is 18.9 Å². The molecule has 0 heterocycles. The average Bonchev–Trinajstić information content (AvgIpc) is 2.46. The van der Waals surface area contributed by atoms with Crippen LogP contribution in [0.3, 0.4) is 0 Å². The van der Waals surface area contributed by atoms with Gasteiger partial charge in [-0.3, -0.25) is 10.1 Å². The van der Waals surface area contributed by atoms with E-state index in [4.69, 9.17) is 5.73 Å². The second-order valence-electron chi connectivity index (χ2n) is 5.02. The van der Waals surface area contributed by atoms with E-state index >= 15 is 0 Å². The van der Waals surface area contributed by atoms with Gasteiger partial charge in [-0.05, 0) is 36.5 Å². The van der Waals surface area contributed by atoms with Crippen LogP contribution in [0.15, 0.2) is 48.5 Å². The quantitative estimate of drug-likeness (QED) is 0.667. The highest BCUT2D eigenvalue weighted by atomic mass is 16.6. The lowest BCUT2D eigenvalue weighted by atomic mass is 10.0. The van der Waals surface area contributed by atoms with Crippen molar-refractivity contribution in [2.75, 3.05) is 0 Å². The predicted octanol–water partition coefficient (Wildman–Crippen LogP) is 3.54. The van der Waals surface area contributed by atoms with Crippen molar-refractivity contribution in [3.63, 3.8) is 0 Å². The van der Waals surface area contributed by atoms with Crippen LogP contribution >= 0.6 is 0 Å². The van der Waals surface area contributed by atoms with Crippen molar-refractivity contribution in [1.29, 1.82) is 0 Å². The number of non-ortho nitro benzene ring substituents is 1. The minimum Gasteiger partial charge on any atom is -0.328 e. The molecule has 0 radical (unpaired) electrons. The summed E-state index contributed by atoms with van der Waals surface area (Å²) in [6.45, 7) is 2.00. The van der Waals surface area contributed by atoms with Crippen molar-refractivity contribution in [3.8, 4) is 11.1 Å². The van der Waals surface area contributed by atoms with Crippen LogP contribution in [0.25, 0.3) is 11.1 Å². The van der Waals surface area contributed by atoms with Gasteiger partial charge in [0.25, 0.3) is 5.69 Å². The Labute approximate surface area is 118 Å². The first-order valence-electron chi connectivity index (χ1n) is 6.65. The topological polar surface area (TPSA) is 69.2 Å². The summed E-state index contributed by atoms with van der Waals surface area (Å²) < 4.78 is 0. The van der Waals surface area contributed by atoms with Crippen molar-refractivity contribution in [1.82, 2.24) is 0 Å². The molecule has 2 N–H and O–H groups in total. The molecule has 1 atom stereocenters. The van der Waals surface area contributed by atoms with Crippen molar-refractivity contribution in [3.05, 3.63) is 64.2 Å². The Bertz CT molecular complexity index is 592. The number of nitrogens with two attached hydrogens (primary N) is 1. The van der Waals surface area contributed by atoms with E-state index in [-0.39, 0.29) is 16.7 Å². The van der Waals surface area contributed by atoms with Gasteiger partial charge in [-0.2, -0.15) is 0 Å². The van der Waals surface area contributed by atoms with Gasteiger partial charge in [0.05, 0.1) is 4.92 Å². The first-order valence-corrected chi connectivity index (χ1v) is 6.65. The van der Waals surface area contributed by atoms with Crippen LogP contribution in [0, 0.1) is 10.1 Å². The monoisotopic (exact) mass is 270 g/mol. The fourth-order valence-electron chi connectivity index (χ4n) is 2.06. The van der Waals surface area contributed by atoms with E-state index in [0.29, 0.717) is 0 Å². The molecule has 2 aromatic rings. The normalized spacial score (nSPS) is 12.1. The maximum atomic E-state index is 10.8. The van der Waals surface area contributed by atoms with Gasteiger partial charge in [-0.15, -0.1) is 0 Å². The highest BCUT2D eigenvalue weighted by Crippen LogP contribution is 2.24. The van der Waals surface area contributed by atoms with Crippen molar-refractivity contribution in [2.45, 2.75) is 25.8 Å². The summed E-state index contributed by atoms with van der Waals surface area (Å²) in [5, 5.41) is 10.8. The van der Waals surface area contributed by atoms with E-state index in [1.165, 1.54) is 11.6 Å². The van der Waals surface area contributed by atoms with Crippen LogP contribution < -0.4 is 5.73 Å². The molecule has 4 heteroatoms. The number of benzene rings is 2. The number of hydrogen-bond donors (Lipinski definition) is 1. The molecule has 0 amide bonds. The van der Waals surface area contributed by atoms with Gasteiger partial charge >= 0.3 is 0 Å². The van der Waals surface area contributed by atoms with E-state index in [1.807, 2.05) is 25.1 Å². The Morgan fingerprint density at radius 3 is 2.45 bits per heavy atom. The van der Waals surface area contributed by atoms with Crippen molar-refractivity contribution >= 4 is 5.69 Å². The highest BCUT2D eigenvalue weighted by Gasteiger charge is 2.07. The lowest BCUT2D eigenvalue weighted by molar-refractivity contribution is -0.384. The minimum absolute atomic E-state index is 0.114. The molecule has 0 spiro atoms. The van der Waals surface area contributed by atoms with E-state index < -0.39 is 0 Å². The Morgan fingerprint density at radius 1 is 1.15 bits per heavy atom. The summed E-state index contributed by atoms with van der Waals surface area (Å²) in [5.41, 5.74) is 8.93. The molecule has 0 saturated carbocycles. The third-order valence-electron chi connectivity index (χ3n) is 3.23. The van der Waals surface area contributed by atoms with Gasteiger partial charge in [0.2, 0.25) is 0 Å². The van der Waals surface area contributed by atoms with Crippen LogP contribution in [0.4, 0.5) is 5.69 Å². The number of aryl methyl sites for hydroxylation is 1. The van der Waals surface area contributed by atoms with Crippen LogP contribution in [-0.4, -0.2) is 11.0 Å². The molecule has 0 saturated heterocycles. The molecule has 0 aliphatic rings. The largest absolute Gasteiger partial charge is 0.328 e. The van der Waals surface area contributed by atoms with Gasteiger partial charge in [-0.1, -0.05) is 36.4 Å². The SMILES string of the molecule is CC(N)CCc1ccc(-c2cccc([N+](=O)[O-])c2)cc1. The molecule has 0 aromatic heterocycles. The Hall–Kier alpha value is -2.20. The van der Waals surface area contributed by atoms with E-state index in [9.17, 15) is 10.1 Å². The maximum Gasteiger partial charge on any atom is 0.270 e. The molecular weight excluding hydrogens is 252 g/mol. The molecule has 2 rings (SSSR count). The van der Waals surface area contributed by atoms with Gasteiger partial charge in [-0.25, -0.2) is 0 Å². The standard InChI is InChI=1S/C16H18N2O2/c1-12(17)5-6-13-7-9-14(10-8-13)15-3-2-4-16(11-15)18(19)20/h2-4,7-12H,5-6,17H2,1H3. The fourth-order valence-corrected chi connectivity index (χ4v) is 2.06. The minimum atomic E-state index is -0.374. The number of rotatable bonds is 5. The third kappa shape index (κ3) is 3.65. The summed E-state index contributed by atoms with van der Waals surface area (Å²) in [6, 6.07) is 15.0. The third-order valence-corrected chi connectivity index (χ3v) is 3.23. The molecular formula is C16H18N2O2. The van der Waals surface area contributed by atoms with Gasteiger partial charge in [0.1, 0.15) is 0 Å². The average molecular weight is 270 g/mol. The van der Waals surface area contributed by atoms with E-state index in [0.717, 1.165) is 24.0 Å². The summed E-state index contributed by atoms with van der Waals surface area (Å²) in [6.07, 6.45) is 1.91. The first-order chi connectivity index (χ1) is 9.56. The Kier molecular flexibility index (Phi) is 4.48. The van der Waals surface area contributed by atoms with Crippen LogP contribution in [0.5, 0.6) is 0 Å². The molecule has 0 bridgehead atoms. The highest BCUT2D eigenvalue weighted by molar-refractivity contribution is 5.66. The molecule has 20 heavy (non-hydrogen) atoms. The first kappa shape index (κ1) is 14.2. The van der Waals surface area contributed by atoms with E-state index in [1.54, 1.807) is 12.1 Å². The fraction of sp³-hybridized carbons (Fsp3) is 0.250. The molecule has 1 unspecified atom stereocenters. The zero-order chi connectivity index (χ0) is 14.5. The van der Waals surface area contributed by atoms with Gasteiger partial charge in [0, 0.05) is 18.2 Å². The summed E-state index contributed by atoms with van der Waals surface area (Å²) in [7, 11) is 0. The molecule has 0 aliphatic carbocycles. The number of nitro groups is 1. The second kappa shape index (κ2) is 6.30. The molecule has 0 fully saturated rings. The van der Waals surface area contributed by atoms with E-state index in [2.05, 4.69) is 12.1 Å². The van der Waals surface area contributed by atoms with Crippen molar-refractivity contribution in [2.24, 2.45) is 5.73 Å². The predicted molar refractivity (Wildman–Crippen MR) is 80.5 cm³/mol. The lowest BCUT2D eigenvalue weighted by Gasteiger charge is -2.06. The summed E-state index contributed by atoms with van der Waals surface area (Å²) >= 11 is 0. The molecule has 4 nitrogen and oxygen atoms in total. The summed E-state index contributed by atoms with van der Waals surface area (Å²) in [4.78, 5) is 10.4. The lowest BCUT2D eigenvalue weighted by Crippen LogP contribution is -2.15. The number of hydrogen-bond acceptors (Lipinski definition) is 3. The Morgan fingerprint density at radius 2 is 1.85 bits per heavy atom. The zero-order valence-electron chi connectivity index (χ0n) is 11.5. The van der Waals surface area contributed by atoms with Gasteiger partial charge in [0.15, 0.2) is 0 Å². The second-order valence-corrected chi connectivity index (χ2v) is 5.02. The summed E-state index contributed by atoms with van der Waals surface area (Å²) in [5.74, 6) is 0. The number of nitrogens with zero attached hydrogens (tertiary/aromatic N) is 1.